The molecule has 1 fully saturated rings. The second kappa shape index (κ2) is 8.72. The minimum absolute atomic E-state index is 0.0277. The van der Waals surface area contributed by atoms with Gasteiger partial charge in [0.05, 0.1) is 17.6 Å². The highest BCUT2D eigenvalue weighted by Gasteiger charge is 2.35. The molecule has 2 amide bonds. The highest BCUT2D eigenvalue weighted by Crippen LogP contribution is 2.28. The Balaban J connectivity index is 1.72. The second-order valence-electron chi connectivity index (χ2n) is 7.48. The van der Waals surface area contributed by atoms with E-state index in [1.165, 1.54) is 10.4 Å². The van der Waals surface area contributed by atoms with Crippen LogP contribution in [-0.4, -0.2) is 58.5 Å². The molecule has 3 rings (SSSR count). The van der Waals surface area contributed by atoms with E-state index in [2.05, 4.69) is 19.4 Å². The van der Waals surface area contributed by atoms with E-state index in [4.69, 9.17) is 0 Å². The maximum Gasteiger partial charge on any atom is 0.245 e. The van der Waals surface area contributed by atoms with Crippen molar-refractivity contribution in [1.29, 1.82) is 0 Å². The smallest absolute Gasteiger partial charge is 0.245 e. The Morgan fingerprint density at radius 1 is 1.21 bits per heavy atom. The third kappa shape index (κ3) is 4.73. The van der Waals surface area contributed by atoms with Crippen molar-refractivity contribution in [3.63, 3.8) is 0 Å². The predicted molar refractivity (Wildman–Crippen MR) is 110 cm³/mol. The zero-order chi connectivity index (χ0) is 21.2. The summed E-state index contributed by atoms with van der Waals surface area (Å²) in [5.41, 5.74) is 0.885. The maximum atomic E-state index is 13.2. The summed E-state index contributed by atoms with van der Waals surface area (Å²) in [4.78, 5) is 24.8. The molecule has 1 aliphatic heterocycles. The van der Waals surface area contributed by atoms with Gasteiger partial charge in [0.1, 0.15) is 22.0 Å². The first-order valence-electron chi connectivity index (χ1n) is 9.52. The van der Waals surface area contributed by atoms with Crippen LogP contribution >= 0.6 is 11.7 Å². The summed E-state index contributed by atoms with van der Waals surface area (Å²) in [5, 5.41) is 5.45. The van der Waals surface area contributed by atoms with Crippen LogP contribution in [0.1, 0.15) is 33.6 Å². The molecule has 1 aliphatic rings. The van der Waals surface area contributed by atoms with E-state index in [1.807, 2.05) is 13.8 Å². The fraction of sp³-hybridized carbons (Fsp3) is 0.556. The normalized spacial score (nSPS) is 19.2. The summed E-state index contributed by atoms with van der Waals surface area (Å²) in [6.07, 6.45) is 1.13. The van der Waals surface area contributed by atoms with Crippen molar-refractivity contribution in [2.75, 3.05) is 13.1 Å². The Labute approximate surface area is 174 Å². The molecule has 1 aromatic heterocycles. The molecule has 0 radical (unpaired) electrons. The van der Waals surface area contributed by atoms with Crippen LogP contribution in [0.3, 0.4) is 0 Å². The molecule has 0 unspecified atom stereocenters. The number of piperidine rings is 1. The van der Waals surface area contributed by atoms with Gasteiger partial charge in [0.25, 0.3) is 0 Å². The number of carbonyl (C=O) groups excluding carboxylic acids is 2. The van der Waals surface area contributed by atoms with Gasteiger partial charge in [0.15, 0.2) is 0 Å². The van der Waals surface area contributed by atoms with Gasteiger partial charge in [-0.2, -0.15) is 13.1 Å². The minimum atomic E-state index is -3.81. The van der Waals surface area contributed by atoms with Crippen molar-refractivity contribution in [2.24, 2.45) is 5.92 Å². The average Bonchev–Trinajstić information content (AvgIpc) is 3.16. The van der Waals surface area contributed by atoms with Crippen molar-refractivity contribution < 1.29 is 18.0 Å². The van der Waals surface area contributed by atoms with Crippen molar-refractivity contribution in [3.8, 4) is 0 Å². The molecular formula is C18H25N5O4S2. The molecule has 2 atom stereocenters. The van der Waals surface area contributed by atoms with Crippen LogP contribution in [0.25, 0.3) is 11.0 Å². The van der Waals surface area contributed by atoms with Crippen molar-refractivity contribution in [1.82, 2.24) is 23.7 Å². The molecule has 2 aromatic rings. The van der Waals surface area contributed by atoms with E-state index < -0.39 is 22.0 Å². The summed E-state index contributed by atoms with van der Waals surface area (Å²) >= 11 is 0.964. The van der Waals surface area contributed by atoms with Crippen molar-refractivity contribution >= 4 is 44.6 Å². The molecule has 1 saturated heterocycles. The lowest BCUT2D eigenvalue weighted by molar-refractivity contribution is -0.131. The first-order chi connectivity index (χ1) is 13.7. The van der Waals surface area contributed by atoms with Gasteiger partial charge in [-0.3, -0.25) is 9.59 Å². The highest BCUT2D eigenvalue weighted by atomic mass is 32.2. The molecule has 2 N–H and O–H groups in total. The number of hydrogen-bond donors (Lipinski definition) is 2. The third-order valence-corrected chi connectivity index (χ3v) is 7.24. The summed E-state index contributed by atoms with van der Waals surface area (Å²) in [5.74, 6) is -1.10. The van der Waals surface area contributed by atoms with Gasteiger partial charge in [-0.25, -0.2) is 8.42 Å². The number of amides is 2. The van der Waals surface area contributed by atoms with E-state index in [0.29, 0.717) is 30.4 Å². The Morgan fingerprint density at radius 3 is 2.69 bits per heavy atom. The van der Waals surface area contributed by atoms with Crippen LogP contribution in [0.2, 0.25) is 0 Å². The van der Waals surface area contributed by atoms with Crippen LogP contribution in [0.15, 0.2) is 23.1 Å². The zero-order valence-corrected chi connectivity index (χ0v) is 18.2. The fourth-order valence-electron chi connectivity index (χ4n) is 3.31. The van der Waals surface area contributed by atoms with Crippen LogP contribution in [-0.2, 0) is 19.6 Å². The summed E-state index contributed by atoms with van der Waals surface area (Å²) in [6, 6.07) is 4.15. The van der Waals surface area contributed by atoms with Gasteiger partial charge in [-0.1, -0.05) is 6.07 Å². The topological polar surface area (TPSA) is 121 Å². The number of rotatable bonds is 6. The number of aromatic nitrogens is 2. The van der Waals surface area contributed by atoms with E-state index in [1.54, 1.807) is 19.1 Å². The van der Waals surface area contributed by atoms with Crippen LogP contribution in [0.5, 0.6) is 0 Å². The Hall–Kier alpha value is -2.11. The van der Waals surface area contributed by atoms with E-state index >= 15 is 0 Å². The molecule has 11 heteroatoms. The Kier molecular flexibility index (Phi) is 6.49. The number of benzene rings is 1. The predicted octanol–water partition coefficient (Wildman–Crippen LogP) is 1.12. The monoisotopic (exact) mass is 439 g/mol. The van der Waals surface area contributed by atoms with Gasteiger partial charge >= 0.3 is 0 Å². The van der Waals surface area contributed by atoms with Crippen LogP contribution in [0, 0.1) is 5.92 Å². The Morgan fingerprint density at radius 2 is 1.97 bits per heavy atom. The molecule has 0 aliphatic carbocycles. The van der Waals surface area contributed by atoms with Gasteiger partial charge in [0.2, 0.25) is 21.8 Å². The SMILES string of the molecule is CC(C)NC(=O)[C@H](C)NC(=O)[C@H]1CCCN(S(=O)(=O)c2cccc3nsnc23)C1. The standard InChI is InChI=1S/C18H25N5O4S2/c1-11(2)19-17(24)12(3)20-18(25)13-6-5-9-23(10-13)29(26,27)15-8-4-7-14-16(15)22-28-21-14/h4,7-8,11-13H,5-6,9-10H2,1-3H3,(H,19,24)(H,20,25)/t12-,13-/m0/s1. The Bertz CT molecular complexity index is 1000. The fourth-order valence-corrected chi connectivity index (χ4v) is 5.59. The zero-order valence-electron chi connectivity index (χ0n) is 16.6. The molecule has 0 bridgehead atoms. The lowest BCUT2D eigenvalue weighted by atomic mass is 9.98. The van der Waals surface area contributed by atoms with Gasteiger partial charge < -0.3 is 10.6 Å². The molecule has 1 aromatic carbocycles. The molecule has 0 saturated carbocycles. The lowest BCUT2D eigenvalue weighted by Gasteiger charge is -2.31. The first kappa shape index (κ1) is 21.6. The van der Waals surface area contributed by atoms with Crippen LogP contribution in [0.4, 0.5) is 0 Å². The quantitative estimate of drug-likeness (QED) is 0.696. The van der Waals surface area contributed by atoms with Crippen molar-refractivity contribution in [2.45, 2.75) is 50.6 Å². The largest absolute Gasteiger partial charge is 0.352 e. The third-order valence-electron chi connectivity index (χ3n) is 4.80. The molecular weight excluding hydrogens is 414 g/mol. The summed E-state index contributed by atoms with van der Waals surface area (Å²) in [7, 11) is -3.81. The van der Waals surface area contributed by atoms with Crippen LogP contribution < -0.4 is 10.6 Å². The highest BCUT2D eigenvalue weighted by molar-refractivity contribution is 7.89. The van der Waals surface area contributed by atoms with Gasteiger partial charge in [-0.05, 0) is 45.7 Å². The minimum Gasteiger partial charge on any atom is -0.352 e. The number of fused-ring (bicyclic) bond motifs is 1. The number of nitrogens with zero attached hydrogens (tertiary/aromatic N) is 3. The second-order valence-corrected chi connectivity index (χ2v) is 9.92. The molecule has 29 heavy (non-hydrogen) atoms. The van der Waals surface area contributed by atoms with E-state index in [-0.39, 0.29) is 29.3 Å². The number of hydrogen-bond acceptors (Lipinski definition) is 7. The lowest BCUT2D eigenvalue weighted by Crippen LogP contribution is -2.51. The van der Waals surface area contributed by atoms with Gasteiger partial charge in [-0.15, -0.1) is 0 Å². The number of sulfonamides is 1. The number of nitrogens with one attached hydrogen (secondary N) is 2. The molecule has 2 heterocycles. The van der Waals surface area contributed by atoms with Gasteiger partial charge in [0, 0.05) is 19.1 Å². The van der Waals surface area contributed by atoms with E-state index in [9.17, 15) is 18.0 Å². The number of carbonyl (C=O) groups is 2. The molecule has 9 nitrogen and oxygen atoms in total. The molecule has 158 valence electrons. The average molecular weight is 440 g/mol. The molecule has 0 spiro atoms. The maximum absolute atomic E-state index is 13.2. The first-order valence-corrected chi connectivity index (χ1v) is 11.7. The summed E-state index contributed by atoms with van der Waals surface area (Å²) < 4.78 is 35.9. The van der Waals surface area contributed by atoms with Crippen molar-refractivity contribution in [3.05, 3.63) is 18.2 Å². The van der Waals surface area contributed by atoms with E-state index in [0.717, 1.165) is 11.7 Å². The summed E-state index contributed by atoms with van der Waals surface area (Å²) in [6.45, 7) is 5.70.